The third kappa shape index (κ3) is 4.55. The lowest BCUT2D eigenvalue weighted by molar-refractivity contribution is 0.133. The molecule has 4 unspecified atom stereocenters. The van der Waals surface area contributed by atoms with Crippen LogP contribution in [0, 0.1) is 23.6 Å². The minimum Gasteiger partial charge on any atom is -0.207 e. The molecule has 2 aliphatic rings. The molecule has 0 aliphatic heterocycles. The average Bonchev–Trinajstić information content (AvgIpc) is 2.77. The maximum absolute atomic E-state index is 14.4. The Morgan fingerprint density at radius 3 is 2.31 bits per heavy atom. The summed E-state index contributed by atoms with van der Waals surface area (Å²) < 4.78 is 14.4. The first-order valence-electron chi connectivity index (χ1n) is 11.3. The molecule has 2 aromatic carbocycles. The Morgan fingerprint density at radius 1 is 0.862 bits per heavy atom. The summed E-state index contributed by atoms with van der Waals surface area (Å²) in [6.45, 7) is 7.73. The van der Waals surface area contributed by atoms with E-state index in [1.807, 2.05) is 18.2 Å². The van der Waals surface area contributed by atoms with E-state index in [-0.39, 0.29) is 5.82 Å². The van der Waals surface area contributed by atoms with Crippen LogP contribution in [0.2, 0.25) is 0 Å². The van der Waals surface area contributed by atoms with Gasteiger partial charge in [-0.25, -0.2) is 4.39 Å². The van der Waals surface area contributed by atoms with Crippen LogP contribution in [-0.2, 0) is 6.42 Å². The molecule has 4 rings (SSSR count). The van der Waals surface area contributed by atoms with E-state index in [9.17, 15) is 4.39 Å². The van der Waals surface area contributed by atoms with Crippen LogP contribution >= 0.6 is 0 Å². The molecular formula is C28H33F. The highest BCUT2D eigenvalue weighted by Gasteiger charge is 2.35. The number of hydrogen-bond donors (Lipinski definition) is 0. The summed E-state index contributed by atoms with van der Waals surface area (Å²) in [5.74, 6) is 3.12. The Kier molecular flexibility index (Phi) is 6.33. The standard InChI is InChI=1S/C28H33F/c1-3-5-6-23-13-14-27(19-28(23)29)22-11-9-21(10-12-22)25-16-15-24-17-20(4-2)7-8-26(24)18-25/h3-4,9-14,19-20,24-26H,1-2,5-8,15-18H2. The molecule has 29 heavy (non-hydrogen) atoms. The van der Waals surface area contributed by atoms with Crippen molar-refractivity contribution in [1.82, 2.24) is 0 Å². The van der Waals surface area contributed by atoms with Crippen LogP contribution in [0.15, 0.2) is 67.8 Å². The van der Waals surface area contributed by atoms with E-state index in [0.717, 1.165) is 40.9 Å². The van der Waals surface area contributed by atoms with E-state index in [1.165, 1.54) is 44.1 Å². The molecule has 2 fully saturated rings. The van der Waals surface area contributed by atoms with Gasteiger partial charge < -0.3 is 0 Å². The van der Waals surface area contributed by atoms with Crippen molar-refractivity contribution in [3.8, 4) is 11.1 Å². The normalized spacial score (nSPS) is 26.5. The first-order valence-corrected chi connectivity index (χ1v) is 11.3. The van der Waals surface area contributed by atoms with Gasteiger partial charge in [0.1, 0.15) is 5.82 Å². The van der Waals surface area contributed by atoms with Gasteiger partial charge in [0.05, 0.1) is 0 Å². The highest BCUT2D eigenvalue weighted by Crippen LogP contribution is 2.47. The molecule has 0 heterocycles. The highest BCUT2D eigenvalue weighted by molar-refractivity contribution is 5.64. The minimum atomic E-state index is -0.109. The second kappa shape index (κ2) is 9.11. The summed E-state index contributed by atoms with van der Waals surface area (Å²) in [4.78, 5) is 0. The minimum absolute atomic E-state index is 0.109. The number of halogens is 1. The molecule has 0 amide bonds. The van der Waals surface area contributed by atoms with Gasteiger partial charge in [0, 0.05) is 0 Å². The fourth-order valence-electron chi connectivity index (χ4n) is 5.58. The predicted molar refractivity (Wildman–Crippen MR) is 121 cm³/mol. The predicted octanol–water partition coefficient (Wildman–Crippen LogP) is 8.10. The van der Waals surface area contributed by atoms with Crippen molar-refractivity contribution in [1.29, 1.82) is 0 Å². The van der Waals surface area contributed by atoms with Crippen LogP contribution in [0.3, 0.4) is 0 Å². The molecule has 0 bridgehead atoms. The first-order chi connectivity index (χ1) is 14.2. The van der Waals surface area contributed by atoms with Crippen molar-refractivity contribution in [2.45, 2.75) is 57.3 Å². The number of aryl methyl sites for hydroxylation is 1. The number of hydrogen-bond acceptors (Lipinski definition) is 0. The van der Waals surface area contributed by atoms with E-state index < -0.39 is 0 Å². The zero-order valence-corrected chi connectivity index (χ0v) is 17.5. The third-order valence-corrected chi connectivity index (χ3v) is 7.37. The summed E-state index contributed by atoms with van der Waals surface area (Å²) in [5.41, 5.74) is 4.29. The van der Waals surface area contributed by atoms with Gasteiger partial charge in [-0.05, 0) is 103 Å². The maximum Gasteiger partial charge on any atom is 0.127 e. The van der Waals surface area contributed by atoms with Crippen molar-refractivity contribution < 1.29 is 4.39 Å². The molecule has 4 atom stereocenters. The molecule has 0 saturated heterocycles. The van der Waals surface area contributed by atoms with E-state index >= 15 is 0 Å². The zero-order chi connectivity index (χ0) is 20.2. The summed E-state index contributed by atoms with van der Waals surface area (Å²) >= 11 is 0. The van der Waals surface area contributed by atoms with Gasteiger partial charge in [-0.1, -0.05) is 48.6 Å². The molecule has 1 heteroatoms. The highest BCUT2D eigenvalue weighted by atomic mass is 19.1. The Morgan fingerprint density at radius 2 is 1.59 bits per heavy atom. The van der Waals surface area contributed by atoms with Gasteiger partial charge >= 0.3 is 0 Å². The molecule has 2 saturated carbocycles. The van der Waals surface area contributed by atoms with Crippen molar-refractivity contribution in [2.75, 3.05) is 0 Å². The quantitative estimate of drug-likeness (QED) is 0.439. The smallest absolute Gasteiger partial charge is 0.127 e. The molecule has 2 aromatic rings. The van der Waals surface area contributed by atoms with E-state index in [2.05, 4.69) is 43.5 Å². The molecule has 0 radical (unpaired) electrons. The van der Waals surface area contributed by atoms with Crippen LogP contribution in [0.25, 0.3) is 11.1 Å². The van der Waals surface area contributed by atoms with E-state index in [4.69, 9.17) is 0 Å². The van der Waals surface area contributed by atoms with Crippen LogP contribution in [0.5, 0.6) is 0 Å². The zero-order valence-electron chi connectivity index (χ0n) is 17.5. The Balaban J connectivity index is 1.43. The van der Waals surface area contributed by atoms with Gasteiger partial charge in [0.2, 0.25) is 0 Å². The largest absolute Gasteiger partial charge is 0.207 e. The first kappa shape index (κ1) is 20.1. The van der Waals surface area contributed by atoms with Crippen molar-refractivity contribution in [3.05, 3.63) is 84.7 Å². The van der Waals surface area contributed by atoms with Crippen LogP contribution in [0.1, 0.15) is 62.0 Å². The number of benzene rings is 2. The number of fused-ring (bicyclic) bond motifs is 1. The molecule has 0 spiro atoms. The third-order valence-electron chi connectivity index (χ3n) is 7.37. The average molecular weight is 389 g/mol. The SMILES string of the molecule is C=CCCc1ccc(-c2ccc(C3CCC4CC(C=C)CCC4C3)cc2)cc1F. The van der Waals surface area contributed by atoms with Crippen molar-refractivity contribution >= 4 is 0 Å². The Bertz CT molecular complexity index is 847. The van der Waals surface area contributed by atoms with Crippen LogP contribution in [-0.4, -0.2) is 0 Å². The van der Waals surface area contributed by atoms with Crippen molar-refractivity contribution in [3.63, 3.8) is 0 Å². The van der Waals surface area contributed by atoms with Crippen LogP contribution < -0.4 is 0 Å². The lowest BCUT2D eigenvalue weighted by Gasteiger charge is -2.41. The van der Waals surface area contributed by atoms with Crippen molar-refractivity contribution in [2.24, 2.45) is 17.8 Å². The van der Waals surface area contributed by atoms with Gasteiger partial charge in [-0.3, -0.25) is 0 Å². The molecule has 0 aromatic heterocycles. The van der Waals surface area contributed by atoms with Gasteiger partial charge in [0.15, 0.2) is 0 Å². The molecular weight excluding hydrogens is 355 g/mol. The fraction of sp³-hybridized carbons (Fsp3) is 0.429. The van der Waals surface area contributed by atoms with Gasteiger partial charge in [0.25, 0.3) is 0 Å². The second-order valence-corrected chi connectivity index (χ2v) is 9.09. The Labute approximate surface area is 175 Å². The summed E-state index contributed by atoms with van der Waals surface area (Å²) in [7, 11) is 0. The maximum atomic E-state index is 14.4. The fourth-order valence-corrected chi connectivity index (χ4v) is 5.58. The Hall–Kier alpha value is -2.15. The van der Waals surface area contributed by atoms with E-state index in [1.54, 1.807) is 6.07 Å². The van der Waals surface area contributed by atoms with Crippen LogP contribution in [0.4, 0.5) is 4.39 Å². The summed E-state index contributed by atoms with van der Waals surface area (Å²) in [6, 6.07) is 14.5. The summed E-state index contributed by atoms with van der Waals surface area (Å²) in [6.07, 6.45) is 13.6. The van der Waals surface area contributed by atoms with Gasteiger partial charge in [-0.2, -0.15) is 0 Å². The van der Waals surface area contributed by atoms with E-state index in [0.29, 0.717) is 12.3 Å². The molecule has 2 aliphatic carbocycles. The lowest BCUT2D eigenvalue weighted by atomic mass is 9.64. The van der Waals surface area contributed by atoms with Gasteiger partial charge in [-0.15, -0.1) is 13.2 Å². The lowest BCUT2D eigenvalue weighted by Crippen LogP contribution is -2.29. The summed E-state index contributed by atoms with van der Waals surface area (Å²) in [5, 5.41) is 0. The number of allylic oxidation sites excluding steroid dienone is 2. The molecule has 0 nitrogen and oxygen atoms in total. The molecule has 152 valence electrons. The monoisotopic (exact) mass is 388 g/mol. The second-order valence-electron chi connectivity index (χ2n) is 9.09. The number of rotatable bonds is 6. The topological polar surface area (TPSA) is 0 Å². The molecule has 0 N–H and O–H groups in total.